The van der Waals surface area contributed by atoms with Gasteiger partial charge in [-0.2, -0.15) is 0 Å². The summed E-state index contributed by atoms with van der Waals surface area (Å²) in [6, 6.07) is 28.3. The first-order chi connectivity index (χ1) is 22.1. The van der Waals surface area contributed by atoms with E-state index in [9.17, 15) is 18.0 Å². The maximum Gasteiger partial charge on any atom is 0.264 e. The summed E-state index contributed by atoms with van der Waals surface area (Å²) in [5.74, 6) is -0.832. The van der Waals surface area contributed by atoms with Gasteiger partial charge in [0.1, 0.15) is 12.6 Å². The van der Waals surface area contributed by atoms with Crippen LogP contribution in [0.5, 0.6) is 0 Å². The molecule has 1 aliphatic rings. The molecule has 46 heavy (non-hydrogen) atoms. The number of hydrogen-bond acceptors (Lipinski definition) is 4. The topological polar surface area (TPSA) is 86.8 Å². The number of nitrogens with zero attached hydrogens (tertiary/aromatic N) is 2. The maximum atomic E-state index is 14.6. The van der Waals surface area contributed by atoms with Crippen molar-refractivity contribution in [1.82, 2.24) is 10.2 Å². The smallest absolute Gasteiger partial charge is 0.264 e. The van der Waals surface area contributed by atoms with Crippen LogP contribution in [0, 0.1) is 0 Å². The number of carbonyl (C=O) groups excluding carboxylic acids is 2. The SMILES string of the molecule is O=C(NC1CCCC1)[C@H](Cc1ccccc1)N(Cc1ccc(Cl)c(Cl)c1)C(=O)CN(c1ccc(Br)cc1)S(=O)(=O)c1ccccc1. The summed E-state index contributed by atoms with van der Waals surface area (Å²) < 4.78 is 30.0. The number of rotatable bonds is 12. The Morgan fingerprint density at radius 2 is 1.46 bits per heavy atom. The van der Waals surface area contributed by atoms with Gasteiger partial charge in [-0.15, -0.1) is 0 Å². The van der Waals surface area contributed by atoms with Gasteiger partial charge in [0.2, 0.25) is 11.8 Å². The number of benzene rings is 4. The molecule has 0 bridgehead atoms. The van der Waals surface area contributed by atoms with Gasteiger partial charge in [0, 0.05) is 23.5 Å². The minimum absolute atomic E-state index is 0.00483. The molecule has 1 aliphatic carbocycles. The van der Waals surface area contributed by atoms with Crippen molar-refractivity contribution < 1.29 is 18.0 Å². The van der Waals surface area contributed by atoms with Crippen LogP contribution in [-0.4, -0.2) is 43.8 Å². The molecule has 240 valence electrons. The highest BCUT2D eigenvalue weighted by atomic mass is 79.9. The zero-order valence-electron chi connectivity index (χ0n) is 25.0. The van der Waals surface area contributed by atoms with E-state index >= 15 is 0 Å². The molecule has 7 nitrogen and oxygen atoms in total. The highest BCUT2D eigenvalue weighted by Gasteiger charge is 2.35. The lowest BCUT2D eigenvalue weighted by Crippen LogP contribution is -2.54. The molecule has 1 atom stereocenters. The molecular weight excluding hydrogens is 709 g/mol. The first-order valence-electron chi connectivity index (χ1n) is 15.0. The normalized spacial score (nSPS) is 14.1. The third-order valence-corrected chi connectivity index (χ3v) is 11.1. The van der Waals surface area contributed by atoms with E-state index in [-0.39, 0.29) is 29.8 Å². The van der Waals surface area contributed by atoms with E-state index < -0.39 is 28.5 Å². The van der Waals surface area contributed by atoms with Crippen LogP contribution >= 0.6 is 39.1 Å². The molecule has 0 aliphatic heterocycles. The van der Waals surface area contributed by atoms with Crippen molar-refractivity contribution in [1.29, 1.82) is 0 Å². The van der Waals surface area contributed by atoms with Crippen molar-refractivity contribution in [3.05, 3.63) is 129 Å². The number of anilines is 1. The van der Waals surface area contributed by atoms with Crippen LogP contribution in [-0.2, 0) is 32.6 Å². The van der Waals surface area contributed by atoms with Crippen LogP contribution in [0.2, 0.25) is 10.0 Å². The number of nitrogens with one attached hydrogen (secondary N) is 1. The maximum absolute atomic E-state index is 14.6. The van der Waals surface area contributed by atoms with Gasteiger partial charge in [-0.25, -0.2) is 8.42 Å². The Labute approximate surface area is 288 Å². The van der Waals surface area contributed by atoms with Crippen molar-refractivity contribution in [3.63, 3.8) is 0 Å². The molecule has 1 fully saturated rings. The standard InChI is InChI=1S/C35H34BrCl2N3O4S/c36-27-16-18-29(19-17-27)41(46(44,45)30-13-5-2-6-14-30)24-34(42)40(23-26-15-20-31(37)32(38)21-26)33(22-25-9-3-1-4-10-25)35(43)39-28-11-7-8-12-28/h1-6,9-10,13-21,28,33H,7-8,11-12,22-24H2,(H,39,43)/t33-/m0/s1. The molecule has 4 aromatic carbocycles. The Balaban J connectivity index is 1.57. The molecule has 1 N–H and O–H groups in total. The number of sulfonamides is 1. The van der Waals surface area contributed by atoms with Gasteiger partial charge >= 0.3 is 0 Å². The lowest BCUT2D eigenvalue weighted by Gasteiger charge is -2.34. The van der Waals surface area contributed by atoms with E-state index in [4.69, 9.17) is 23.2 Å². The van der Waals surface area contributed by atoms with E-state index in [1.165, 1.54) is 17.0 Å². The van der Waals surface area contributed by atoms with Gasteiger partial charge in [0.25, 0.3) is 10.0 Å². The molecule has 0 saturated heterocycles. The summed E-state index contributed by atoms with van der Waals surface area (Å²) in [5, 5.41) is 3.84. The second kappa shape index (κ2) is 15.5. The monoisotopic (exact) mass is 741 g/mol. The second-order valence-corrected chi connectivity index (χ2v) is 14.9. The quantitative estimate of drug-likeness (QED) is 0.162. The molecule has 1 saturated carbocycles. The van der Waals surface area contributed by atoms with E-state index in [1.807, 2.05) is 30.3 Å². The molecule has 0 aromatic heterocycles. The molecule has 0 spiro atoms. The number of carbonyl (C=O) groups is 2. The molecule has 0 radical (unpaired) electrons. The summed E-state index contributed by atoms with van der Waals surface area (Å²) in [4.78, 5) is 30.2. The average molecular weight is 744 g/mol. The lowest BCUT2D eigenvalue weighted by molar-refractivity contribution is -0.140. The summed E-state index contributed by atoms with van der Waals surface area (Å²) in [6.07, 6.45) is 4.03. The number of amides is 2. The van der Waals surface area contributed by atoms with Crippen LogP contribution in [0.4, 0.5) is 5.69 Å². The Hall–Kier alpha value is -3.37. The minimum Gasteiger partial charge on any atom is -0.352 e. The molecule has 0 heterocycles. The fourth-order valence-electron chi connectivity index (χ4n) is 5.61. The van der Waals surface area contributed by atoms with E-state index in [1.54, 1.807) is 60.7 Å². The van der Waals surface area contributed by atoms with Crippen molar-refractivity contribution in [2.45, 2.75) is 55.6 Å². The lowest BCUT2D eigenvalue weighted by atomic mass is 10.0. The zero-order valence-corrected chi connectivity index (χ0v) is 28.9. The predicted octanol–water partition coefficient (Wildman–Crippen LogP) is 7.65. The van der Waals surface area contributed by atoms with E-state index in [0.29, 0.717) is 21.3 Å². The minimum atomic E-state index is -4.17. The average Bonchev–Trinajstić information content (AvgIpc) is 3.57. The third-order valence-electron chi connectivity index (χ3n) is 8.03. The van der Waals surface area contributed by atoms with Crippen LogP contribution in [0.3, 0.4) is 0 Å². The highest BCUT2D eigenvalue weighted by molar-refractivity contribution is 9.10. The van der Waals surface area contributed by atoms with Gasteiger partial charge in [-0.05, 0) is 72.5 Å². The predicted molar refractivity (Wildman–Crippen MR) is 186 cm³/mol. The van der Waals surface area contributed by atoms with Crippen LogP contribution in [0.1, 0.15) is 36.8 Å². The molecule has 2 amide bonds. The Morgan fingerprint density at radius 3 is 2.09 bits per heavy atom. The van der Waals surface area contributed by atoms with Gasteiger partial charge in [0.05, 0.1) is 20.6 Å². The van der Waals surface area contributed by atoms with Gasteiger partial charge in [0.15, 0.2) is 0 Å². The molecule has 11 heteroatoms. The highest BCUT2D eigenvalue weighted by Crippen LogP contribution is 2.28. The van der Waals surface area contributed by atoms with Crippen LogP contribution < -0.4 is 9.62 Å². The zero-order chi connectivity index (χ0) is 32.7. The fraction of sp³-hybridized carbons (Fsp3) is 0.257. The molecule has 4 aromatic rings. The van der Waals surface area contributed by atoms with Gasteiger partial charge < -0.3 is 10.2 Å². The van der Waals surface area contributed by atoms with E-state index in [2.05, 4.69) is 21.2 Å². The Bertz CT molecular complexity index is 1750. The summed E-state index contributed by atoms with van der Waals surface area (Å²) in [6.45, 7) is -0.535. The van der Waals surface area contributed by atoms with Crippen LogP contribution in [0.15, 0.2) is 112 Å². The van der Waals surface area contributed by atoms with Crippen molar-refractivity contribution in [2.24, 2.45) is 0 Å². The molecule has 5 rings (SSSR count). The molecule has 0 unspecified atom stereocenters. The fourth-order valence-corrected chi connectivity index (χ4v) is 7.63. The largest absolute Gasteiger partial charge is 0.352 e. The van der Waals surface area contributed by atoms with Crippen molar-refractivity contribution in [2.75, 3.05) is 10.8 Å². The third kappa shape index (κ3) is 8.50. The van der Waals surface area contributed by atoms with E-state index in [0.717, 1.165) is 40.0 Å². The summed E-state index contributed by atoms with van der Waals surface area (Å²) in [7, 11) is -4.17. The van der Waals surface area contributed by atoms with Crippen molar-refractivity contribution in [3.8, 4) is 0 Å². The number of halogens is 3. The van der Waals surface area contributed by atoms with Gasteiger partial charge in [-0.1, -0.05) is 107 Å². The second-order valence-electron chi connectivity index (χ2n) is 11.3. The van der Waals surface area contributed by atoms with Crippen LogP contribution in [0.25, 0.3) is 0 Å². The van der Waals surface area contributed by atoms with Gasteiger partial charge in [-0.3, -0.25) is 13.9 Å². The van der Waals surface area contributed by atoms with Crippen molar-refractivity contribution >= 4 is 66.7 Å². The first kappa shape index (κ1) is 34.0. The Morgan fingerprint density at radius 1 is 0.826 bits per heavy atom. The molecular formula is C35H34BrCl2N3O4S. The first-order valence-corrected chi connectivity index (χ1v) is 18.0. The summed E-state index contributed by atoms with van der Waals surface area (Å²) >= 11 is 16.0. The summed E-state index contributed by atoms with van der Waals surface area (Å²) in [5.41, 5.74) is 1.82. The Kier molecular flexibility index (Phi) is 11.4. The number of hydrogen-bond donors (Lipinski definition) is 1.